The van der Waals surface area contributed by atoms with E-state index in [-0.39, 0.29) is 5.91 Å². The number of hydrogen-bond donors (Lipinski definition) is 0. The highest BCUT2D eigenvalue weighted by molar-refractivity contribution is 5.93. The van der Waals surface area contributed by atoms with Crippen LogP contribution in [0.15, 0.2) is 31.0 Å². The standard InChI is InChI=1S/C12H15FN2O/c1-3-4-5-8-15(2)12(16)10-6-7-11(13)14-9-10/h3,6-7,9H,1,4-5,8H2,2H3. The van der Waals surface area contributed by atoms with Crippen LogP contribution in [0.1, 0.15) is 23.2 Å². The zero-order valence-electron chi connectivity index (χ0n) is 9.32. The summed E-state index contributed by atoms with van der Waals surface area (Å²) in [5, 5.41) is 0. The van der Waals surface area contributed by atoms with E-state index in [1.165, 1.54) is 18.3 Å². The molecule has 1 heterocycles. The number of amides is 1. The highest BCUT2D eigenvalue weighted by Gasteiger charge is 2.11. The number of rotatable bonds is 5. The topological polar surface area (TPSA) is 33.2 Å². The van der Waals surface area contributed by atoms with Crippen LogP contribution in [0.3, 0.4) is 0 Å². The molecular weight excluding hydrogens is 207 g/mol. The first-order valence-electron chi connectivity index (χ1n) is 5.13. The maximum absolute atomic E-state index is 12.6. The van der Waals surface area contributed by atoms with Crippen molar-refractivity contribution >= 4 is 5.91 Å². The van der Waals surface area contributed by atoms with Crippen molar-refractivity contribution in [3.63, 3.8) is 0 Å². The third-order valence-electron chi connectivity index (χ3n) is 2.22. The van der Waals surface area contributed by atoms with Crippen LogP contribution >= 0.6 is 0 Å². The van der Waals surface area contributed by atoms with Gasteiger partial charge in [-0.15, -0.1) is 6.58 Å². The molecule has 0 aromatic carbocycles. The Bertz CT molecular complexity index is 362. The van der Waals surface area contributed by atoms with E-state index in [1.807, 2.05) is 6.08 Å². The minimum absolute atomic E-state index is 0.142. The van der Waals surface area contributed by atoms with Gasteiger partial charge >= 0.3 is 0 Å². The lowest BCUT2D eigenvalue weighted by molar-refractivity contribution is 0.0793. The quantitative estimate of drug-likeness (QED) is 0.435. The van der Waals surface area contributed by atoms with E-state index >= 15 is 0 Å². The van der Waals surface area contributed by atoms with Crippen molar-refractivity contribution < 1.29 is 9.18 Å². The van der Waals surface area contributed by atoms with Gasteiger partial charge in [0.25, 0.3) is 5.91 Å². The van der Waals surface area contributed by atoms with Crippen molar-refractivity contribution in [3.05, 3.63) is 42.5 Å². The van der Waals surface area contributed by atoms with Gasteiger partial charge in [0.05, 0.1) is 5.56 Å². The Morgan fingerprint density at radius 2 is 2.38 bits per heavy atom. The number of nitrogens with zero attached hydrogens (tertiary/aromatic N) is 2. The lowest BCUT2D eigenvalue weighted by atomic mass is 10.2. The third-order valence-corrected chi connectivity index (χ3v) is 2.22. The molecule has 1 aromatic rings. The Labute approximate surface area is 94.6 Å². The molecule has 0 spiro atoms. The van der Waals surface area contributed by atoms with E-state index in [0.717, 1.165) is 12.8 Å². The summed E-state index contributed by atoms with van der Waals surface area (Å²) in [4.78, 5) is 16.8. The van der Waals surface area contributed by atoms with Gasteiger partial charge in [-0.25, -0.2) is 4.98 Å². The number of pyridine rings is 1. The molecule has 0 aliphatic rings. The monoisotopic (exact) mass is 222 g/mol. The Morgan fingerprint density at radius 1 is 1.62 bits per heavy atom. The highest BCUT2D eigenvalue weighted by Crippen LogP contribution is 2.04. The number of allylic oxidation sites excluding steroid dienone is 1. The molecule has 1 aromatic heterocycles. The third kappa shape index (κ3) is 3.46. The Kier molecular flexibility index (Phi) is 4.64. The second-order valence-corrected chi connectivity index (χ2v) is 3.53. The maximum atomic E-state index is 12.6. The number of unbranched alkanes of at least 4 members (excludes halogenated alkanes) is 1. The first kappa shape index (κ1) is 12.4. The summed E-state index contributed by atoms with van der Waals surface area (Å²) in [5.41, 5.74) is 0.405. The molecule has 86 valence electrons. The smallest absolute Gasteiger partial charge is 0.255 e. The van der Waals surface area contributed by atoms with Gasteiger partial charge in [-0.05, 0) is 25.0 Å². The fraction of sp³-hybridized carbons (Fsp3) is 0.333. The minimum atomic E-state index is -0.578. The largest absolute Gasteiger partial charge is 0.342 e. The first-order valence-corrected chi connectivity index (χ1v) is 5.13. The molecule has 0 atom stereocenters. The fourth-order valence-corrected chi connectivity index (χ4v) is 1.30. The number of aromatic nitrogens is 1. The van der Waals surface area contributed by atoms with E-state index in [2.05, 4.69) is 11.6 Å². The van der Waals surface area contributed by atoms with Gasteiger partial charge in [0, 0.05) is 19.8 Å². The van der Waals surface area contributed by atoms with Gasteiger partial charge in [0.1, 0.15) is 0 Å². The normalized spacial score (nSPS) is 9.88. The molecule has 16 heavy (non-hydrogen) atoms. The summed E-state index contributed by atoms with van der Waals surface area (Å²) in [6.07, 6.45) is 4.82. The Morgan fingerprint density at radius 3 is 2.94 bits per heavy atom. The van der Waals surface area contributed by atoms with Gasteiger partial charge in [-0.2, -0.15) is 4.39 Å². The highest BCUT2D eigenvalue weighted by atomic mass is 19.1. The van der Waals surface area contributed by atoms with Crippen molar-refractivity contribution in [2.45, 2.75) is 12.8 Å². The van der Waals surface area contributed by atoms with Gasteiger partial charge in [0.2, 0.25) is 5.95 Å². The molecule has 3 nitrogen and oxygen atoms in total. The second kappa shape index (κ2) is 6.00. The van der Waals surface area contributed by atoms with Crippen LogP contribution in [0, 0.1) is 5.95 Å². The summed E-state index contributed by atoms with van der Waals surface area (Å²) in [6, 6.07) is 2.62. The summed E-state index contributed by atoms with van der Waals surface area (Å²) in [7, 11) is 1.72. The van der Waals surface area contributed by atoms with Gasteiger partial charge in [0.15, 0.2) is 0 Å². The zero-order valence-corrected chi connectivity index (χ0v) is 9.32. The van der Waals surface area contributed by atoms with Crippen LogP contribution in [0.4, 0.5) is 4.39 Å². The molecule has 0 radical (unpaired) electrons. The van der Waals surface area contributed by atoms with Gasteiger partial charge in [-0.1, -0.05) is 6.08 Å². The van der Waals surface area contributed by atoms with Crippen LogP contribution < -0.4 is 0 Å². The van der Waals surface area contributed by atoms with Crippen molar-refractivity contribution in [2.75, 3.05) is 13.6 Å². The maximum Gasteiger partial charge on any atom is 0.255 e. The SMILES string of the molecule is C=CCCCN(C)C(=O)c1ccc(F)nc1. The summed E-state index contributed by atoms with van der Waals surface area (Å²) < 4.78 is 12.6. The van der Waals surface area contributed by atoms with Crippen LogP contribution in [0.5, 0.6) is 0 Å². The zero-order chi connectivity index (χ0) is 12.0. The predicted molar refractivity (Wildman–Crippen MR) is 60.6 cm³/mol. The lowest BCUT2D eigenvalue weighted by Gasteiger charge is -2.16. The average molecular weight is 222 g/mol. The fourth-order valence-electron chi connectivity index (χ4n) is 1.30. The Balaban J connectivity index is 2.56. The molecule has 0 bridgehead atoms. The van der Waals surface area contributed by atoms with Crippen LogP contribution in [0.2, 0.25) is 0 Å². The van der Waals surface area contributed by atoms with Crippen molar-refractivity contribution in [1.82, 2.24) is 9.88 Å². The van der Waals surface area contributed by atoms with Crippen LogP contribution in [0.25, 0.3) is 0 Å². The molecule has 1 rings (SSSR count). The van der Waals surface area contributed by atoms with Crippen LogP contribution in [-0.2, 0) is 0 Å². The van der Waals surface area contributed by atoms with E-state index in [0.29, 0.717) is 12.1 Å². The lowest BCUT2D eigenvalue weighted by Crippen LogP contribution is -2.27. The number of hydrogen-bond acceptors (Lipinski definition) is 2. The number of halogens is 1. The van der Waals surface area contributed by atoms with Crippen molar-refractivity contribution in [2.24, 2.45) is 0 Å². The molecule has 0 unspecified atom stereocenters. The predicted octanol–water partition coefficient (Wildman–Crippen LogP) is 2.26. The van der Waals surface area contributed by atoms with E-state index in [9.17, 15) is 9.18 Å². The Hall–Kier alpha value is -1.71. The molecule has 1 amide bonds. The molecule has 0 fully saturated rings. The minimum Gasteiger partial charge on any atom is -0.342 e. The van der Waals surface area contributed by atoms with Gasteiger partial charge < -0.3 is 4.90 Å². The van der Waals surface area contributed by atoms with E-state index < -0.39 is 5.95 Å². The second-order valence-electron chi connectivity index (χ2n) is 3.53. The summed E-state index contributed by atoms with van der Waals surface area (Å²) in [6.45, 7) is 4.27. The number of carbonyl (C=O) groups is 1. The summed E-state index contributed by atoms with van der Waals surface area (Å²) in [5.74, 6) is -0.720. The molecule has 0 aliphatic heterocycles. The molecule has 4 heteroatoms. The van der Waals surface area contributed by atoms with E-state index in [1.54, 1.807) is 11.9 Å². The molecule has 0 saturated carbocycles. The van der Waals surface area contributed by atoms with Gasteiger partial charge in [-0.3, -0.25) is 4.79 Å². The molecule has 0 N–H and O–H groups in total. The summed E-state index contributed by atoms with van der Waals surface area (Å²) >= 11 is 0. The molecule has 0 saturated heterocycles. The number of carbonyl (C=O) groups excluding carboxylic acids is 1. The van der Waals surface area contributed by atoms with Crippen LogP contribution in [-0.4, -0.2) is 29.4 Å². The van der Waals surface area contributed by atoms with Crippen molar-refractivity contribution in [3.8, 4) is 0 Å². The molecule has 0 aliphatic carbocycles. The molecular formula is C12H15FN2O. The van der Waals surface area contributed by atoms with Crippen molar-refractivity contribution in [1.29, 1.82) is 0 Å². The average Bonchev–Trinajstić information content (AvgIpc) is 2.29. The first-order chi connectivity index (χ1) is 7.65. The van der Waals surface area contributed by atoms with E-state index in [4.69, 9.17) is 0 Å².